The number of rotatable bonds is 9. The average molecular weight is 384 g/mol. The fourth-order valence-electron chi connectivity index (χ4n) is 2.65. The molecule has 2 rings (SSSR count). The molecule has 1 aliphatic rings. The minimum Gasteiger partial charge on any atom is -0.494 e. The first-order valence-electron chi connectivity index (χ1n) is 9.17. The largest absolute Gasteiger partial charge is 0.494 e. The minimum absolute atomic E-state index is 0.132. The summed E-state index contributed by atoms with van der Waals surface area (Å²) in [4.78, 5) is 11.9. The van der Waals surface area contributed by atoms with Gasteiger partial charge in [0.15, 0.2) is 6.29 Å². The van der Waals surface area contributed by atoms with Crippen LogP contribution in [0.25, 0.3) is 0 Å². The number of carbonyl (C=O) groups is 1. The Bertz CT molecular complexity index is 576. The van der Waals surface area contributed by atoms with Crippen LogP contribution in [-0.2, 0) is 20.7 Å². The van der Waals surface area contributed by atoms with Crippen LogP contribution in [0, 0.1) is 0 Å². The van der Waals surface area contributed by atoms with Crippen molar-refractivity contribution < 1.29 is 39.4 Å². The third-order valence-corrected chi connectivity index (χ3v) is 4.40. The van der Waals surface area contributed by atoms with Crippen LogP contribution >= 0.6 is 0 Å². The molecule has 4 N–H and O–H groups in total. The summed E-state index contributed by atoms with van der Waals surface area (Å²) in [5, 5.41) is 38.3. The van der Waals surface area contributed by atoms with Crippen molar-refractivity contribution in [2.75, 3.05) is 13.2 Å². The van der Waals surface area contributed by atoms with E-state index in [4.69, 9.17) is 14.2 Å². The van der Waals surface area contributed by atoms with E-state index in [-0.39, 0.29) is 13.0 Å². The minimum atomic E-state index is -1.65. The summed E-state index contributed by atoms with van der Waals surface area (Å²) >= 11 is 0. The Hall–Kier alpha value is -1.71. The third kappa shape index (κ3) is 6.44. The Balaban J connectivity index is 1.71. The fraction of sp³-hybridized carbons (Fsp3) is 0.632. The summed E-state index contributed by atoms with van der Waals surface area (Å²) in [6, 6.07) is 7.49. The molecule has 1 saturated heterocycles. The van der Waals surface area contributed by atoms with E-state index in [0.29, 0.717) is 13.0 Å². The van der Waals surface area contributed by atoms with Crippen molar-refractivity contribution in [2.24, 2.45) is 0 Å². The van der Waals surface area contributed by atoms with Crippen molar-refractivity contribution in [2.45, 2.75) is 63.3 Å². The average Bonchev–Trinajstić information content (AvgIpc) is 2.67. The van der Waals surface area contributed by atoms with Crippen LogP contribution in [0.1, 0.15) is 31.7 Å². The molecule has 1 fully saturated rings. The van der Waals surface area contributed by atoms with E-state index < -0.39 is 36.7 Å². The van der Waals surface area contributed by atoms with E-state index in [9.17, 15) is 25.2 Å². The maximum atomic E-state index is 11.9. The number of aryl methyl sites for hydroxylation is 1. The number of aliphatic hydroxyl groups is 4. The molecule has 0 aliphatic carbocycles. The van der Waals surface area contributed by atoms with Crippen LogP contribution in [0.15, 0.2) is 24.3 Å². The summed E-state index contributed by atoms with van der Waals surface area (Å²) in [7, 11) is 0. The lowest BCUT2D eigenvalue weighted by molar-refractivity contribution is -0.287. The highest BCUT2D eigenvalue weighted by molar-refractivity contribution is 5.69. The zero-order chi connectivity index (χ0) is 19.8. The predicted molar refractivity (Wildman–Crippen MR) is 95.0 cm³/mol. The summed E-state index contributed by atoms with van der Waals surface area (Å²) in [5.74, 6) is 0.293. The number of esters is 1. The van der Waals surface area contributed by atoms with Crippen LogP contribution in [-0.4, -0.2) is 70.3 Å². The van der Waals surface area contributed by atoms with Gasteiger partial charge in [0.2, 0.25) is 0 Å². The molecule has 0 bridgehead atoms. The Labute approximate surface area is 158 Å². The molecule has 0 amide bonds. The van der Waals surface area contributed by atoms with Gasteiger partial charge in [0.05, 0.1) is 6.61 Å². The Morgan fingerprint density at radius 3 is 2.44 bits per heavy atom. The second-order valence-corrected chi connectivity index (χ2v) is 6.57. The molecule has 2 unspecified atom stereocenters. The highest BCUT2D eigenvalue weighted by atomic mass is 16.6. The number of carbonyl (C=O) groups excluding carboxylic acids is 1. The van der Waals surface area contributed by atoms with Gasteiger partial charge in [0, 0.05) is 6.42 Å². The fourth-order valence-corrected chi connectivity index (χ4v) is 2.65. The summed E-state index contributed by atoms with van der Waals surface area (Å²) in [6.07, 6.45) is -4.72. The number of unbranched alkanes of at least 4 members (excludes halogenated alkanes) is 1. The van der Waals surface area contributed by atoms with E-state index in [0.717, 1.165) is 24.2 Å². The van der Waals surface area contributed by atoms with Gasteiger partial charge in [0.25, 0.3) is 0 Å². The SMILES string of the molecule is CCCCOc1ccc(CCC(=O)OCC2O[C@H](O)C(O)[C@@H](O)[C@@H]2O)cc1. The topological polar surface area (TPSA) is 126 Å². The molecule has 5 atom stereocenters. The van der Waals surface area contributed by atoms with E-state index in [2.05, 4.69) is 6.92 Å². The maximum Gasteiger partial charge on any atom is 0.306 e. The van der Waals surface area contributed by atoms with Gasteiger partial charge in [-0.3, -0.25) is 4.79 Å². The second kappa shape index (κ2) is 10.6. The first kappa shape index (κ1) is 21.6. The van der Waals surface area contributed by atoms with Gasteiger partial charge in [-0.25, -0.2) is 0 Å². The normalized spacial score (nSPS) is 28.0. The maximum absolute atomic E-state index is 11.9. The molecular weight excluding hydrogens is 356 g/mol. The molecule has 1 aliphatic heterocycles. The molecule has 0 spiro atoms. The van der Waals surface area contributed by atoms with E-state index in [1.807, 2.05) is 24.3 Å². The number of hydrogen-bond donors (Lipinski definition) is 4. The molecule has 8 heteroatoms. The smallest absolute Gasteiger partial charge is 0.306 e. The molecule has 1 heterocycles. The van der Waals surface area contributed by atoms with Crippen LogP contribution in [0.4, 0.5) is 0 Å². The summed E-state index contributed by atoms with van der Waals surface area (Å²) in [5.41, 5.74) is 0.956. The molecular formula is C19H28O8. The van der Waals surface area contributed by atoms with E-state index >= 15 is 0 Å². The van der Waals surface area contributed by atoms with E-state index in [1.54, 1.807) is 0 Å². The molecule has 0 saturated carbocycles. The first-order chi connectivity index (χ1) is 12.9. The van der Waals surface area contributed by atoms with Crippen LogP contribution in [0.2, 0.25) is 0 Å². The number of benzene rings is 1. The van der Waals surface area contributed by atoms with Gasteiger partial charge in [-0.2, -0.15) is 0 Å². The Kier molecular flexibility index (Phi) is 8.46. The van der Waals surface area contributed by atoms with Crippen molar-refractivity contribution in [3.8, 4) is 5.75 Å². The van der Waals surface area contributed by atoms with Gasteiger partial charge in [-0.15, -0.1) is 0 Å². The lowest BCUT2D eigenvalue weighted by atomic mass is 9.99. The monoisotopic (exact) mass is 384 g/mol. The molecule has 152 valence electrons. The van der Waals surface area contributed by atoms with Crippen molar-refractivity contribution in [1.29, 1.82) is 0 Å². The summed E-state index contributed by atoms with van der Waals surface area (Å²) in [6.45, 7) is 2.45. The molecule has 27 heavy (non-hydrogen) atoms. The zero-order valence-electron chi connectivity index (χ0n) is 15.4. The van der Waals surface area contributed by atoms with Crippen LogP contribution in [0.5, 0.6) is 5.75 Å². The van der Waals surface area contributed by atoms with Crippen molar-refractivity contribution in [3.05, 3.63) is 29.8 Å². The number of aliphatic hydroxyl groups excluding tert-OH is 4. The lowest BCUT2D eigenvalue weighted by Crippen LogP contribution is -2.58. The predicted octanol–water partition coefficient (Wildman–Crippen LogP) is 0.141. The molecule has 0 aromatic heterocycles. The Morgan fingerprint density at radius 1 is 1.07 bits per heavy atom. The van der Waals surface area contributed by atoms with Crippen molar-refractivity contribution in [1.82, 2.24) is 0 Å². The van der Waals surface area contributed by atoms with Gasteiger partial charge in [-0.05, 0) is 30.5 Å². The lowest BCUT2D eigenvalue weighted by Gasteiger charge is -2.37. The molecule has 8 nitrogen and oxygen atoms in total. The standard InChI is InChI=1S/C19H28O8/c1-2-3-10-25-13-7-4-12(5-8-13)6-9-15(20)26-11-14-16(21)17(22)18(23)19(24)27-14/h4-5,7-8,14,16-19,21-24H,2-3,6,9-11H2,1H3/t14?,16-,17+,18?,19+/m1/s1. The third-order valence-electron chi connectivity index (χ3n) is 4.40. The molecule has 0 radical (unpaired) electrons. The van der Waals surface area contributed by atoms with Gasteiger partial charge >= 0.3 is 5.97 Å². The molecule has 1 aromatic carbocycles. The van der Waals surface area contributed by atoms with Gasteiger partial charge in [0.1, 0.15) is 36.8 Å². The van der Waals surface area contributed by atoms with Crippen molar-refractivity contribution >= 4 is 5.97 Å². The van der Waals surface area contributed by atoms with Gasteiger partial charge in [-0.1, -0.05) is 25.5 Å². The zero-order valence-corrected chi connectivity index (χ0v) is 15.4. The second-order valence-electron chi connectivity index (χ2n) is 6.57. The van der Waals surface area contributed by atoms with Crippen LogP contribution in [0.3, 0.4) is 0 Å². The first-order valence-corrected chi connectivity index (χ1v) is 9.17. The van der Waals surface area contributed by atoms with Gasteiger partial charge < -0.3 is 34.6 Å². The van der Waals surface area contributed by atoms with Crippen molar-refractivity contribution in [3.63, 3.8) is 0 Å². The van der Waals surface area contributed by atoms with Crippen LogP contribution < -0.4 is 4.74 Å². The number of hydrogen-bond acceptors (Lipinski definition) is 8. The highest BCUT2D eigenvalue weighted by Gasteiger charge is 2.43. The van der Waals surface area contributed by atoms with E-state index in [1.165, 1.54) is 0 Å². The highest BCUT2D eigenvalue weighted by Crippen LogP contribution is 2.20. The Morgan fingerprint density at radius 2 is 1.78 bits per heavy atom. The quantitative estimate of drug-likeness (QED) is 0.350. The summed E-state index contributed by atoms with van der Waals surface area (Å²) < 4.78 is 15.6. The molecule has 1 aromatic rings. The number of ether oxygens (including phenoxy) is 3.